The van der Waals surface area contributed by atoms with Gasteiger partial charge in [-0.1, -0.05) is 25.1 Å². The predicted molar refractivity (Wildman–Crippen MR) is 85.9 cm³/mol. The van der Waals surface area contributed by atoms with Crippen molar-refractivity contribution in [2.45, 2.75) is 27.2 Å². The number of likely N-dealkylation sites (N-methyl/N-ethyl adjacent to an activating group) is 1. The standard InChI is InChI=1S/C15H24N2O3S/c1-5-13-10-8-9-11-14(13)17(21(4,19)20)12-15(18)16(6-2)7-3/h8-11H,5-7,12H2,1-4H3. The second kappa shape index (κ2) is 7.45. The zero-order valence-corrected chi connectivity index (χ0v) is 14.0. The third kappa shape index (κ3) is 4.46. The molecule has 1 rings (SSSR count). The minimum Gasteiger partial charge on any atom is -0.342 e. The van der Waals surface area contributed by atoms with E-state index < -0.39 is 10.0 Å². The predicted octanol–water partition coefficient (Wildman–Crippen LogP) is 1.88. The normalized spacial score (nSPS) is 11.2. The largest absolute Gasteiger partial charge is 0.342 e. The van der Waals surface area contributed by atoms with Crippen LogP contribution in [0.15, 0.2) is 24.3 Å². The second-order valence-electron chi connectivity index (χ2n) is 4.82. The molecule has 0 aliphatic rings. The minimum absolute atomic E-state index is 0.155. The van der Waals surface area contributed by atoms with E-state index in [1.165, 1.54) is 4.31 Å². The monoisotopic (exact) mass is 312 g/mol. The fourth-order valence-corrected chi connectivity index (χ4v) is 3.11. The van der Waals surface area contributed by atoms with Crippen molar-refractivity contribution in [1.29, 1.82) is 0 Å². The van der Waals surface area contributed by atoms with Gasteiger partial charge in [-0.2, -0.15) is 0 Å². The smallest absolute Gasteiger partial charge is 0.243 e. The lowest BCUT2D eigenvalue weighted by Gasteiger charge is -2.27. The summed E-state index contributed by atoms with van der Waals surface area (Å²) in [5.74, 6) is -0.184. The average Bonchev–Trinajstić information content (AvgIpc) is 2.45. The van der Waals surface area contributed by atoms with Crippen LogP contribution in [-0.4, -0.2) is 45.1 Å². The van der Waals surface area contributed by atoms with Gasteiger partial charge in [0.1, 0.15) is 6.54 Å². The molecule has 0 aliphatic heterocycles. The number of carbonyl (C=O) groups excluding carboxylic acids is 1. The third-order valence-electron chi connectivity index (χ3n) is 3.44. The quantitative estimate of drug-likeness (QED) is 0.772. The SMILES string of the molecule is CCc1ccccc1N(CC(=O)N(CC)CC)S(C)(=O)=O. The van der Waals surface area contributed by atoms with Crippen molar-refractivity contribution in [3.63, 3.8) is 0 Å². The van der Waals surface area contributed by atoms with E-state index in [0.29, 0.717) is 25.2 Å². The van der Waals surface area contributed by atoms with Crippen molar-refractivity contribution in [3.8, 4) is 0 Å². The molecule has 0 atom stereocenters. The Hall–Kier alpha value is -1.56. The van der Waals surface area contributed by atoms with Crippen LogP contribution in [0.4, 0.5) is 5.69 Å². The molecule has 1 aromatic carbocycles. The Morgan fingerprint density at radius 1 is 1.10 bits per heavy atom. The summed E-state index contributed by atoms with van der Waals surface area (Å²) < 4.78 is 25.4. The van der Waals surface area contributed by atoms with Gasteiger partial charge in [-0.15, -0.1) is 0 Å². The zero-order chi connectivity index (χ0) is 16.0. The topological polar surface area (TPSA) is 57.7 Å². The van der Waals surface area contributed by atoms with Crippen LogP contribution >= 0.6 is 0 Å². The van der Waals surface area contributed by atoms with Crippen LogP contribution in [0.5, 0.6) is 0 Å². The maximum absolute atomic E-state index is 12.3. The Morgan fingerprint density at radius 2 is 1.67 bits per heavy atom. The van der Waals surface area contributed by atoms with E-state index in [9.17, 15) is 13.2 Å². The van der Waals surface area contributed by atoms with E-state index >= 15 is 0 Å². The molecule has 0 saturated heterocycles. The van der Waals surface area contributed by atoms with Crippen LogP contribution < -0.4 is 4.31 Å². The van der Waals surface area contributed by atoms with E-state index in [1.807, 2.05) is 32.9 Å². The van der Waals surface area contributed by atoms with Gasteiger partial charge in [-0.05, 0) is 31.9 Å². The highest BCUT2D eigenvalue weighted by Gasteiger charge is 2.24. The fourth-order valence-electron chi connectivity index (χ4n) is 2.23. The molecule has 0 unspecified atom stereocenters. The highest BCUT2D eigenvalue weighted by Crippen LogP contribution is 2.23. The number of anilines is 1. The number of hydrogen-bond acceptors (Lipinski definition) is 3. The van der Waals surface area contributed by atoms with Gasteiger partial charge in [0.05, 0.1) is 11.9 Å². The summed E-state index contributed by atoms with van der Waals surface area (Å²) in [5.41, 5.74) is 1.50. The van der Waals surface area contributed by atoms with Gasteiger partial charge in [0.2, 0.25) is 15.9 Å². The van der Waals surface area contributed by atoms with Crippen molar-refractivity contribution in [2.24, 2.45) is 0 Å². The van der Waals surface area contributed by atoms with Crippen molar-refractivity contribution in [3.05, 3.63) is 29.8 Å². The minimum atomic E-state index is -3.51. The molecule has 0 radical (unpaired) electrons. The van der Waals surface area contributed by atoms with Crippen molar-refractivity contribution in [1.82, 2.24) is 4.90 Å². The summed E-state index contributed by atoms with van der Waals surface area (Å²) in [6.07, 6.45) is 1.84. The molecule has 0 saturated carbocycles. The third-order valence-corrected chi connectivity index (χ3v) is 4.56. The van der Waals surface area contributed by atoms with Crippen LogP contribution in [0.2, 0.25) is 0 Å². The summed E-state index contributed by atoms with van der Waals surface area (Å²) in [6.45, 7) is 6.71. The Labute approximate surface area is 127 Å². The number of para-hydroxylation sites is 1. The lowest BCUT2D eigenvalue weighted by molar-refractivity contribution is -0.129. The first kappa shape index (κ1) is 17.5. The van der Waals surface area contributed by atoms with Crippen LogP contribution in [0, 0.1) is 0 Å². The average molecular weight is 312 g/mol. The van der Waals surface area contributed by atoms with Crippen LogP contribution in [0.1, 0.15) is 26.3 Å². The Kier molecular flexibility index (Phi) is 6.20. The van der Waals surface area contributed by atoms with Gasteiger partial charge in [-0.3, -0.25) is 9.10 Å². The van der Waals surface area contributed by atoms with Crippen molar-refractivity contribution < 1.29 is 13.2 Å². The maximum atomic E-state index is 12.3. The van der Waals surface area contributed by atoms with E-state index in [2.05, 4.69) is 0 Å². The molecule has 0 N–H and O–H groups in total. The number of nitrogens with zero attached hydrogens (tertiary/aromatic N) is 2. The number of aryl methyl sites for hydroxylation is 1. The van der Waals surface area contributed by atoms with Gasteiger partial charge < -0.3 is 4.90 Å². The number of benzene rings is 1. The molecule has 0 fully saturated rings. The first-order valence-electron chi connectivity index (χ1n) is 7.18. The van der Waals surface area contributed by atoms with Crippen molar-refractivity contribution >= 4 is 21.6 Å². The summed E-state index contributed by atoms with van der Waals surface area (Å²) >= 11 is 0. The van der Waals surface area contributed by atoms with E-state index in [-0.39, 0.29) is 12.5 Å². The molecule has 1 amide bonds. The molecular weight excluding hydrogens is 288 g/mol. The van der Waals surface area contributed by atoms with Crippen LogP contribution in [0.25, 0.3) is 0 Å². The molecular formula is C15H24N2O3S. The highest BCUT2D eigenvalue weighted by atomic mass is 32.2. The Balaban J connectivity index is 3.17. The zero-order valence-electron chi connectivity index (χ0n) is 13.2. The maximum Gasteiger partial charge on any atom is 0.243 e. The van der Waals surface area contributed by atoms with Gasteiger partial charge in [0, 0.05) is 13.1 Å². The lowest BCUT2D eigenvalue weighted by Crippen LogP contribution is -2.42. The molecule has 21 heavy (non-hydrogen) atoms. The summed E-state index contributed by atoms with van der Waals surface area (Å²) in [7, 11) is -3.51. The van der Waals surface area contributed by atoms with Gasteiger partial charge in [0.25, 0.3) is 0 Å². The number of hydrogen-bond donors (Lipinski definition) is 0. The first-order valence-corrected chi connectivity index (χ1v) is 9.03. The molecule has 0 bridgehead atoms. The van der Waals surface area contributed by atoms with Crippen LogP contribution in [-0.2, 0) is 21.2 Å². The number of rotatable bonds is 7. The molecule has 0 heterocycles. The summed E-state index contributed by atoms with van der Waals surface area (Å²) in [6, 6.07) is 7.29. The number of sulfonamides is 1. The van der Waals surface area contributed by atoms with E-state index in [4.69, 9.17) is 0 Å². The molecule has 1 aromatic rings. The molecule has 118 valence electrons. The Bertz CT molecular complexity index is 580. The van der Waals surface area contributed by atoms with Gasteiger partial charge >= 0.3 is 0 Å². The van der Waals surface area contributed by atoms with Crippen molar-refractivity contribution in [2.75, 3.05) is 30.2 Å². The summed E-state index contributed by atoms with van der Waals surface area (Å²) in [5, 5.41) is 0. The number of amides is 1. The Morgan fingerprint density at radius 3 is 2.14 bits per heavy atom. The van der Waals surface area contributed by atoms with Gasteiger partial charge in [-0.25, -0.2) is 8.42 Å². The van der Waals surface area contributed by atoms with E-state index in [1.54, 1.807) is 17.0 Å². The molecule has 0 spiro atoms. The number of carbonyl (C=O) groups is 1. The lowest BCUT2D eigenvalue weighted by atomic mass is 10.1. The molecule has 5 nitrogen and oxygen atoms in total. The first-order chi connectivity index (χ1) is 9.85. The second-order valence-corrected chi connectivity index (χ2v) is 6.72. The molecule has 0 aliphatic carbocycles. The van der Waals surface area contributed by atoms with Crippen LogP contribution in [0.3, 0.4) is 0 Å². The molecule has 0 aromatic heterocycles. The molecule has 6 heteroatoms. The highest BCUT2D eigenvalue weighted by molar-refractivity contribution is 7.92. The van der Waals surface area contributed by atoms with E-state index in [0.717, 1.165) is 11.8 Å². The summed E-state index contributed by atoms with van der Waals surface area (Å²) in [4.78, 5) is 13.9. The fraction of sp³-hybridized carbons (Fsp3) is 0.533. The van der Waals surface area contributed by atoms with Gasteiger partial charge in [0.15, 0.2) is 0 Å².